The minimum absolute atomic E-state index is 0.153. The number of ether oxygens (including phenoxy) is 1. The fourth-order valence-electron chi connectivity index (χ4n) is 2.30. The number of aromatic nitrogens is 3. The zero-order valence-electron chi connectivity index (χ0n) is 12.1. The summed E-state index contributed by atoms with van der Waals surface area (Å²) < 4.78 is 8.29. The van der Waals surface area contributed by atoms with Crippen LogP contribution in [0.15, 0.2) is 47.5 Å². The summed E-state index contributed by atoms with van der Waals surface area (Å²) in [5, 5.41) is 13.1. The molecule has 110 valence electrons. The van der Waals surface area contributed by atoms with Crippen LogP contribution in [0.25, 0.3) is 16.8 Å². The minimum Gasteiger partial charge on any atom is -0.497 e. The maximum Gasteiger partial charge on any atom is 0.276 e. The summed E-state index contributed by atoms with van der Waals surface area (Å²) >= 11 is 0. The zero-order chi connectivity index (χ0) is 15.5. The molecule has 0 bridgehead atoms. The van der Waals surface area contributed by atoms with E-state index in [0.717, 1.165) is 11.3 Å². The van der Waals surface area contributed by atoms with Gasteiger partial charge in [-0.2, -0.15) is 10.4 Å². The Kier molecular flexibility index (Phi) is 3.62. The van der Waals surface area contributed by atoms with Crippen LogP contribution in [0.3, 0.4) is 0 Å². The molecule has 0 saturated carbocycles. The third kappa shape index (κ3) is 2.44. The van der Waals surface area contributed by atoms with Gasteiger partial charge in [-0.1, -0.05) is 12.1 Å². The van der Waals surface area contributed by atoms with Gasteiger partial charge in [-0.15, -0.1) is 0 Å². The number of hydrogen-bond donors (Lipinski definition) is 0. The third-order valence-electron chi connectivity index (χ3n) is 3.43. The first-order valence-electron chi connectivity index (χ1n) is 6.83. The van der Waals surface area contributed by atoms with Crippen LogP contribution in [0, 0.1) is 11.3 Å². The molecule has 0 amide bonds. The third-order valence-corrected chi connectivity index (χ3v) is 3.43. The summed E-state index contributed by atoms with van der Waals surface area (Å²) in [4.78, 5) is 12.4. The van der Waals surface area contributed by atoms with Crippen molar-refractivity contribution < 1.29 is 4.74 Å². The largest absolute Gasteiger partial charge is 0.497 e. The van der Waals surface area contributed by atoms with E-state index in [-0.39, 0.29) is 5.56 Å². The van der Waals surface area contributed by atoms with Crippen LogP contribution in [-0.4, -0.2) is 21.3 Å². The van der Waals surface area contributed by atoms with Crippen molar-refractivity contribution in [3.05, 3.63) is 53.1 Å². The normalized spacial score (nSPS) is 10.5. The molecule has 3 aromatic rings. The number of nitrogens with zero attached hydrogens (tertiary/aromatic N) is 4. The van der Waals surface area contributed by atoms with Gasteiger partial charge in [0.15, 0.2) is 0 Å². The van der Waals surface area contributed by atoms with E-state index < -0.39 is 0 Å². The predicted molar refractivity (Wildman–Crippen MR) is 81.7 cm³/mol. The fraction of sp³-hybridized carbons (Fsp3) is 0.188. The van der Waals surface area contributed by atoms with Crippen molar-refractivity contribution in [2.24, 2.45) is 0 Å². The van der Waals surface area contributed by atoms with Crippen molar-refractivity contribution in [1.29, 1.82) is 5.26 Å². The van der Waals surface area contributed by atoms with Gasteiger partial charge >= 0.3 is 0 Å². The van der Waals surface area contributed by atoms with E-state index in [1.807, 2.05) is 30.3 Å². The molecule has 2 heterocycles. The minimum atomic E-state index is -0.153. The highest BCUT2D eigenvalue weighted by Gasteiger charge is 2.09. The molecule has 1 aromatic carbocycles. The zero-order valence-corrected chi connectivity index (χ0v) is 12.1. The molecular formula is C16H14N4O2. The first-order chi connectivity index (χ1) is 10.7. The van der Waals surface area contributed by atoms with Gasteiger partial charge in [0.2, 0.25) is 0 Å². The molecule has 0 aliphatic heterocycles. The molecule has 0 fully saturated rings. The highest BCUT2D eigenvalue weighted by molar-refractivity contribution is 5.66. The van der Waals surface area contributed by atoms with Crippen molar-refractivity contribution in [3.63, 3.8) is 0 Å². The van der Waals surface area contributed by atoms with Crippen LogP contribution in [0.5, 0.6) is 5.75 Å². The van der Waals surface area contributed by atoms with Crippen LogP contribution in [0.4, 0.5) is 0 Å². The molecule has 6 heteroatoms. The number of methoxy groups -OCH3 is 1. The van der Waals surface area contributed by atoms with E-state index in [0.29, 0.717) is 24.2 Å². The van der Waals surface area contributed by atoms with Crippen molar-refractivity contribution in [3.8, 4) is 23.1 Å². The van der Waals surface area contributed by atoms with Gasteiger partial charge in [-0.05, 0) is 18.2 Å². The second-order valence-electron chi connectivity index (χ2n) is 4.80. The van der Waals surface area contributed by atoms with Crippen molar-refractivity contribution in [2.45, 2.75) is 13.0 Å². The van der Waals surface area contributed by atoms with E-state index >= 15 is 0 Å². The quantitative estimate of drug-likeness (QED) is 0.738. The highest BCUT2D eigenvalue weighted by atomic mass is 16.5. The number of aryl methyl sites for hydroxylation is 1. The number of nitriles is 1. The molecule has 0 N–H and O–H groups in total. The van der Waals surface area contributed by atoms with Crippen LogP contribution in [0.2, 0.25) is 0 Å². The monoisotopic (exact) mass is 294 g/mol. The number of rotatable bonds is 4. The van der Waals surface area contributed by atoms with E-state index in [1.165, 1.54) is 4.57 Å². The van der Waals surface area contributed by atoms with Gasteiger partial charge in [0, 0.05) is 24.5 Å². The van der Waals surface area contributed by atoms with Gasteiger partial charge < -0.3 is 9.30 Å². The maximum atomic E-state index is 12.4. The predicted octanol–water partition coefficient (Wildman–Crippen LogP) is 2.09. The van der Waals surface area contributed by atoms with Crippen LogP contribution < -0.4 is 10.3 Å². The Morgan fingerprint density at radius 1 is 1.32 bits per heavy atom. The molecule has 6 nitrogen and oxygen atoms in total. The van der Waals surface area contributed by atoms with Crippen LogP contribution in [-0.2, 0) is 6.54 Å². The van der Waals surface area contributed by atoms with Gasteiger partial charge in [0.1, 0.15) is 11.3 Å². The van der Waals surface area contributed by atoms with Crippen molar-refractivity contribution in [2.75, 3.05) is 7.11 Å². The summed E-state index contributed by atoms with van der Waals surface area (Å²) in [7, 11) is 1.61. The van der Waals surface area contributed by atoms with Gasteiger partial charge in [-0.3, -0.25) is 4.79 Å². The highest BCUT2D eigenvalue weighted by Crippen LogP contribution is 2.22. The Bertz CT molecular complexity index is 918. The first kappa shape index (κ1) is 13.9. The van der Waals surface area contributed by atoms with Gasteiger partial charge in [0.25, 0.3) is 5.56 Å². The second-order valence-corrected chi connectivity index (χ2v) is 4.80. The molecule has 0 atom stereocenters. The molecule has 0 saturated heterocycles. The lowest BCUT2D eigenvalue weighted by atomic mass is 10.1. The Balaban J connectivity index is 2.08. The van der Waals surface area contributed by atoms with Crippen LogP contribution in [0.1, 0.15) is 6.42 Å². The first-order valence-corrected chi connectivity index (χ1v) is 6.83. The Hall–Kier alpha value is -3.07. The average Bonchev–Trinajstić information content (AvgIpc) is 2.99. The molecule has 0 aliphatic rings. The molecular weight excluding hydrogens is 280 g/mol. The number of fused-ring (bicyclic) bond motifs is 1. The van der Waals surface area contributed by atoms with Crippen LogP contribution >= 0.6 is 0 Å². The summed E-state index contributed by atoms with van der Waals surface area (Å²) in [6.07, 6.45) is 3.67. The molecule has 0 spiro atoms. The lowest BCUT2D eigenvalue weighted by Gasteiger charge is -2.01. The summed E-state index contributed by atoms with van der Waals surface area (Å²) in [6, 6.07) is 11.3. The van der Waals surface area contributed by atoms with Gasteiger partial charge in [0.05, 0.1) is 25.3 Å². The standard InChI is InChI=1S/C16H14N4O2/c1-22-13-5-2-4-12(10-13)14-11-15-16(21)19(7-3-6-17)8-9-20(15)18-14/h2,4-5,8-11H,3,7H2,1H3. The molecule has 0 radical (unpaired) electrons. The number of benzene rings is 1. The van der Waals surface area contributed by atoms with E-state index in [1.54, 1.807) is 30.1 Å². The summed E-state index contributed by atoms with van der Waals surface area (Å²) in [6.45, 7) is 0.380. The smallest absolute Gasteiger partial charge is 0.276 e. The van der Waals surface area contributed by atoms with E-state index in [2.05, 4.69) is 5.10 Å². The molecule has 0 unspecified atom stereocenters. The number of hydrogen-bond acceptors (Lipinski definition) is 4. The summed E-state index contributed by atoms with van der Waals surface area (Å²) in [5.41, 5.74) is 1.91. The maximum absolute atomic E-state index is 12.4. The molecule has 3 rings (SSSR count). The van der Waals surface area contributed by atoms with E-state index in [4.69, 9.17) is 10.00 Å². The van der Waals surface area contributed by atoms with Gasteiger partial charge in [-0.25, -0.2) is 4.52 Å². The Labute approximate surface area is 126 Å². The van der Waals surface area contributed by atoms with Crippen molar-refractivity contribution >= 4 is 5.52 Å². The Morgan fingerprint density at radius 2 is 2.18 bits per heavy atom. The lowest BCUT2D eigenvalue weighted by Crippen LogP contribution is -2.21. The lowest BCUT2D eigenvalue weighted by molar-refractivity contribution is 0.415. The van der Waals surface area contributed by atoms with Crippen molar-refractivity contribution in [1.82, 2.24) is 14.2 Å². The fourth-order valence-corrected chi connectivity index (χ4v) is 2.30. The Morgan fingerprint density at radius 3 is 2.95 bits per heavy atom. The molecule has 2 aromatic heterocycles. The molecule has 22 heavy (non-hydrogen) atoms. The topological polar surface area (TPSA) is 72.3 Å². The summed E-state index contributed by atoms with van der Waals surface area (Å²) in [5.74, 6) is 0.737. The molecule has 0 aliphatic carbocycles. The SMILES string of the molecule is COc1cccc(-c2cc3c(=O)n(CCC#N)ccn3n2)c1. The average molecular weight is 294 g/mol. The second kappa shape index (κ2) is 5.74. The van der Waals surface area contributed by atoms with E-state index in [9.17, 15) is 4.79 Å².